The predicted octanol–water partition coefficient (Wildman–Crippen LogP) is 2.73. The Morgan fingerprint density at radius 1 is 1.33 bits per heavy atom. The third kappa shape index (κ3) is 9.16. The van der Waals surface area contributed by atoms with Gasteiger partial charge in [-0.2, -0.15) is 0 Å². The molecule has 0 saturated carbocycles. The average Bonchev–Trinajstić information content (AvgIpc) is 2.11. The van der Waals surface area contributed by atoms with Gasteiger partial charge in [-0.15, -0.1) is 11.6 Å². The van der Waals surface area contributed by atoms with Crippen LogP contribution in [0, 0.1) is 5.92 Å². The van der Waals surface area contributed by atoms with Gasteiger partial charge in [0.1, 0.15) is 0 Å². The Morgan fingerprint density at radius 2 is 1.93 bits per heavy atom. The second-order valence-corrected chi connectivity index (χ2v) is 5.43. The zero-order chi connectivity index (χ0) is 11.9. The average molecular weight is 236 g/mol. The maximum atomic E-state index is 9.72. The Bertz CT molecular complexity index is 156. The molecule has 0 aliphatic carbocycles. The Kier molecular flexibility index (Phi) is 7.58. The van der Waals surface area contributed by atoms with Gasteiger partial charge in [-0.25, -0.2) is 0 Å². The number of hydrogen-bond acceptors (Lipinski definition) is 2. The van der Waals surface area contributed by atoms with Crippen LogP contribution in [0.3, 0.4) is 0 Å². The van der Waals surface area contributed by atoms with Crippen molar-refractivity contribution in [1.29, 1.82) is 0 Å². The van der Waals surface area contributed by atoms with E-state index in [0.717, 1.165) is 38.4 Å². The molecule has 0 aromatic rings. The first-order valence-electron chi connectivity index (χ1n) is 5.89. The standard InChI is InChI=1S/C12H26ClNO/c1-5-14(10-12(3,4)15)9-7-11(2)6-8-13/h11,15H,5-10H2,1-4H3. The van der Waals surface area contributed by atoms with Gasteiger partial charge in [-0.3, -0.25) is 0 Å². The van der Waals surface area contributed by atoms with Gasteiger partial charge in [0.2, 0.25) is 0 Å². The van der Waals surface area contributed by atoms with E-state index in [1.165, 1.54) is 0 Å². The van der Waals surface area contributed by atoms with Gasteiger partial charge in [0, 0.05) is 12.4 Å². The van der Waals surface area contributed by atoms with Crippen LogP contribution in [0.1, 0.15) is 40.5 Å². The first kappa shape index (κ1) is 15.2. The highest BCUT2D eigenvalue weighted by Gasteiger charge is 2.17. The molecule has 0 rings (SSSR count). The largest absolute Gasteiger partial charge is 0.389 e. The molecule has 0 aromatic carbocycles. The first-order valence-corrected chi connectivity index (χ1v) is 6.43. The van der Waals surface area contributed by atoms with Gasteiger partial charge >= 0.3 is 0 Å². The van der Waals surface area contributed by atoms with Crippen LogP contribution in [-0.4, -0.2) is 41.1 Å². The van der Waals surface area contributed by atoms with E-state index in [-0.39, 0.29) is 0 Å². The molecule has 1 N–H and O–H groups in total. The summed E-state index contributed by atoms with van der Waals surface area (Å²) >= 11 is 5.70. The van der Waals surface area contributed by atoms with Gasteiger partial charge in [0.15, 0.2) is 0 Å². The minimum Gasteiger partial charge on any atom is -0.389 e. The second-order valence-electron chi connectivity index (χ2n) is 5.05. The summed E-state index contributed by atoms with van der Waals surface area (Å²) in [5.74, 6) is 1.43. The van der Waals surface area contributed by atoms with Crippen molar-refractivity contribution in [1.82, 2.24) is 4.90 Å². The number of hydrogen-bond donors (Lipinski definition) is 1. The molecular formula is C12H26ClNO. The van der Waals surface area contributed by atoms with E-state index >= 15 is 0 Å². The molecule has 0 fully saturated rings. The highest BCUT2D eigenvalue weighted by atomic mass is 35.5. The third-order valence-corrected chi connectivity index (χ3v) is 2.82. The maximum Gasteiger partial charge on any atom is 0.0718 e. The fraction of sp³-hybridized carbons (Fsp3) is 1.00. The van der Waals surface area contributed by atoms with Gasteiger partial charge in [0.25, 0.3) is 0 Å². The smallest absolute Gasteiger partial charge is 0.0718 e. The molecule has 0 radical (unpaired) electrons. The first-order chi connectivity index (χ1) is 6.89. The summed E-state index contributed by atoms with van der Waals surface area (Å²) in [5.41, 5.74) is -0.592. The van der Waals surface area contributed by atoms with Crippen molar-refractivity contribution in [2.24, 2.45) is 5.92 Å². The molecule has 0 aromatic heterocycles. The van der Waals surface area contributed by atoms with Crippen LogP contribution in [0.2, 0.25) is 0 Å². The van der Waals surface area contributed by atoms with Crippen molar-refractivity contribution in [3.05, 3.63) is 0 Å². The summed E-state index contributed by atoms with van der Waals surface area (Å²) < 4.78 is 0. The van der Waals surface area contributed by atoms with E-state index in [0.29, 0.717) is 5.92 Å². The van der Waals surface area contributed by atoms with Crippen molar-refractivity contribution in [3.8, 4) is 0 Å². The van der Waals surface area contributed by atoms with E-state index in [9.17, 15) is 5.11 Å². The number of nitrogens with zero attached hydrogens (tertiary/aromatic N) is 1. The molecule has 0 spiro atoms. The van der Waals surface area contributed by atoms with Crippen molar-refractivity contribution >= 4 is 11.6 Å². The highest BCUT2D eigenvalue weighted by Crippen LogP contribution is 2.11. The molecule has 1 unspecified atom stereocenters. The zero-order valence-corrected chi connectivity index (χ0v) is 11.3. The van der Waals surface area contributed by atoms with Crippen LogP contribution in [0.4, 0.5) is 0 Å². The van der Waals surface area contributed by atoms with E-state index in [1.807, 2.05) is 13.8 Å². The number of halogens is 1. The topological polar surface area (TPSA) is 23.5 Å². The Balaban J connectivity index is 3.80. The van der Waals surface area contributed by atoms with Gasteiger partial charge in [0.05, 0.1) is 5.60 Å². The summed E-state index contributed by atoms with van der Waals surface area (Å²) in [5, 5.41) is 9.72. The van der Waals surface area contributed by atoms with E-state index in [4.69, 9.17) is 11.6 Å². The zero-order valence-electron chi connectivity index (χ0n) is 10.6. The maximum absolute atomic E-state index is 9.72. The lowest BCUT2D eigenvalue weighted by atomic mass is 10.0. The fourth-order valence-electron chi connectivity index (χ4n) is 1.63. The molecule has 2 nitrogen and oxygen atoms in total. The van der Waals surface area contributed by atoms with Crippen molar-refractivity contribution < 1.29 is 5.11 Å². The number of alkyl halides is 1. The normalized spacial score (nSPS) is 14.6. The monoisotopic (exact) mass is 235 g/mol. The van der Waals surface area contributed by atoms with Crippen LogP contribution in [-0.2, 0) is 0 Å². The molecule has 92 valence electrons. The number of rotatable bonds is 8. The molecule has 0 aliphatic heterocycles. The molecule has 0 amide bonds. The Hall–Kier alpha value is 0.210. The van der Waals surface area contributed by atoms with Crippen LogP contribution in [0.15, 0.2) is 0 Å². The minimum absolute atomic E-state index is 0.592. The van der Waals surface area contributed by atoms with Crippen molar-refractivity contribution in [2.75, 3.05) is 25.5 Å². The van der Waals surface area contributed by atoms with E-state index in [1.54, 1.807) is 0 Å². The molecule has 3 heteroatoms. The summed E-state index contributed by atoms with van der Waals surface area (Å²) in [6, 6.07) is 0. The van der Waals surface area contributed by atoms with Crippen LogP contribution >= 0.6 is 11.6 Å². The Morgan fingerprint density at radius 3 is 2.33 bits per heavy atom. The molecule has 0 saturated heterocycles. The SMILES string of the molecule is CCN(CCC(C)CCCl)CC(C)(C)O. The van der Waals surface area contributed by atoms with Crippen molar-refractivity contribution in [3.63, 3.8) is 0 Å². The molecular weight excluding hydrogens is 210 g/mol. The molecule has 1 atom stereocenters. The number of aliphatic hydroxyl groups is 1. The second kappa shape index (κ2) is 7.48. The molecule has 15 heavy (non-hydrogen) atoms. The van der Waals surface area contributed by atoms with E-state index < -0.39 is 5.60 Å². The van der Waals surface area contributed by atoms with Gasteiger partial charge in [-0.05, 0) is 45.7 Å². The van der Waals surface area contributed by atoms with Crippen LogP contribution in [0.5, 0.6) is 0 Å². The lowest BCUT2D eigenvalue weighted by Crippen LogP contribution is -2.39. The summed E-state index contributed by atoms with van der Waals surface area (Å²) in [4.78, 5) is 2.30. The summed E-state index contributed by atoms with van der Waals surface area (Å²) in [7, 11) is 0. The summed E-state index contributed by atoms with van der Waals surface area (Å²) in [6.07, 6.45) is 2.25. The fourth-order valence-corrected chi connectivity index (χ4v) is 2.00. The van der Waals surface area contributed by atoms with Crippen LogP contribution in [0.25, 0.3) is 0 Å². The predicted molar refractivity (Wildman–Crippen MR) is 67.5 cm³/mol. The highest BCUT2D eigenvalue weighted by molar-refractivity contribution is 6.17. The molecule has 0 heterocycles. The number of likely N-dealkylation sites (N-methyl/N-ethyl adjacent to an activating group) is 1. The van der Waals surface area contributed by atoms with Gasteiger partial charge < -0.3 is 10.0 Å². The minimum atomic E-state index is -0.592. The lowest BCUT2D eigenvalue weighted by molar-refractivity contribution is 0.0363. The lowest BCUT2D eigenvalue weighted by Gasteiger charge is -2.28. The van der Waals surface area contributed by atoms with Gasteiger partial charge in [-0.1, -0.05) is 13.8 Å². The molecule has 0 bridgehead atoms. The third-order valence-electron chi connectivity index (χ3n) is 2.60. The Labute approximate surface area is 99.6 Å². The molecule has 0 aliphatic rings. The van der Waals surface area contributed by atoms with E-state index in [2.05, 4.69) is 18.7 Å². The quantitative estimate of drug-likeness (QED) is 0.654. The summed E-state index contributed by atoms with van der Waals surface area (Å²) in [6.45, 7) is 10.9. The van der Waals surface area contributed by atoms with Crippen LogP contribution < -0.4 is 0 Å². The van der Waals surface area contributed by atoms with Crippen molar-refractivity contribution in [2.45, 2.75) is 46.1 Å².